The van der Waals surface area contributed by atoms with Crippen molar-refractivity contribution in [1.29, 1.82) is 0 Å². The van der Waals surface area contributed by atoms with Crippen LogP contribution in [0.3, 0.4) is 0 Å². The number of hydrogen-bond acceptors (Lipinski definition) is 3. The number of aliphatic hydroxyl groups is 1. The van der Waals surface area contributed by atoms with Gasteiger partial charge in [-0.05, 0) is 43.9 Å². The molecule has 0 saturated heterocycles. The van der Waals surface area contributed by atoms with Crippen molar-refractivity contribution in [2.45, 2.75) is 46.3 Å². The van der Waals surface area contributed by atoms with Crippen molar-refractivity contribution in [1.82, 2.24) is 10.6 Å². The molecule has 0 aliphatic rings. The van der Waals surface area contributed by atoms with Gasteiger partial charge in [-0.3, -0.25) is 0 Å². The molecule has 0 saturated carbocycles. The minimum Gasteiger partial charge on any atom is -0.434 e. The van der Waals surface area contributed by atoms with Gasteiger partial charge in [0.1, 0.15) is 5.75 Å². The Morgan fingerprint density at radius 3 is 2.65 bits per heavy atom. The minimum absolute atomic E-state index is 0.0631. The SMILES string of the molecule is CCCC(CCO)CNC(=NCc1cc(Cl)ccc1OC(F)F)NCC. The number of guanidine groups is 1. The first-order valence-corrected chi connectivity index (χ1v) is 9.24. The average Bonchev–Trinajstić information content (AvgIpc) is 2.59. The van der Waals surface area contributed by atoms with Crippen molar-refractivity contribution in [3.05, 3.63) is 28.8 Å². The fraction of sp³-hybridized carbons (Fsp3) is 0.611. The van der Waals surface area contributed by atoms with Gasteiger partial charge in [0.2, 0.25) is 0 Å². The molecule has 0 radical (unpaired) electrons. The fourth-order valence-electron chi connectivity index (χ4n) is 2.57. The predicted octanol–water partition coefficient (Wildman–Crippen LogP) is 3.80. The number of ether oxygens (including phenoxy) is 1. The highest BCUT2D eigenvalue weighted by molar-refractivity contribution is 6.30. The van der Waals surface area contributed by atoms with Crippen molar-refractivity contribution in [3.63, 3.8) is 0 Å². The standard InChI is InChI=1S/C18H28ClF2N3O2/c1-3-5-13(8-9-25)11-23-18(22-4-2)24-12-14-10-15(19)6-7-16(14)26-17(20)21/h6-7,10,13,17,25H,3-5,8-9,11-12H2,1-2H3,(H2,22,23,24). The lowest BCUT2D eigenvalue weighted by Crippen LogP contribution is -2.40. The zero-order chi connectivity index (χ0) is 19.4. The highest BCUT2D eigenvalue weighted by Crippen LogP contribution is 2.25. The molecular weight excluding hydrogens is 364 g/mol. The summed E-state index contributed by atoms with van der Waals surface area (Å²) in [4.78, 5) is 4.43. The first kappa shape index (κ1) is 22.4. The number of alkyl halides is 2. The first-order chi connectivity index (χ1) is 12.5. The number of nitrogens with one attached hydrogen (secondary N) is 2. The van der Waals surface area contributed by atoms with E-state index in [1.165, 1.54) is 12.1 Å². The molecule has 0 aliphatic carbocycles. The number of nitrogens with zero attached hydrogens (tertiary/aromatic N) is 1. The molecule has 0 aliphatic heterocycles. The van der Waals surface area contributed by atoms with Gasteiger partial charge >= 0.3 is 6.61 Å². The maximum atomic E-state index is 12.5. The Labute approximate surface area is 158 Å². The summed E-state index contributed by atoms with van der Waals surface area (Å²) in [7, 11) is 0. The average molecular weight is 392 g/mol. The van der Waals surface area contributed by atoms with E-state index in [4.69, 9.17) is 16.7 Å². The Morgan fingerprint density at radius 1 is 1.27 bits per heavy atom. The molecule has 3 N–H and O–H groups in total. The van der Waals surface area contributed by atoms with Crippen LogP contribution in [0.25, 0.3) is 0 Å². The van der Waals surface area contributed by atoms with E-state index in [1.807, 2.05) is 6.92 Å². The normalized spacial score (nSPS) is 13.0. The van der Waals surface area contributed by atoms with E-state index in [0.717, 1.165) is 19.3 Å². The van der Waals surface area contributed by atoms with Crippen LogP contribution in [-0.2, 0) is 6.54 Å². The van der Waals surface area contributed by atoms with Gasteiger partial charge in [0.25, 0.3) is 0 Å². The third-order valence-corrected chi connectivity index (χ3v) is 4.02. The van der Waals surface area contributed by atoms with E-state index in [9.17, 15) is 8.78 Å². The van der Waals surface area contributed by atoms with E-state index in [1.54, 1.807) is 6.07 Å². The zero-order valence-corrected chi connectivity index (χ0v) is 16.0. The summed E-state index contributed by atoms with van der Waals surface area (Å²) in [5.41, 5.74) is 0.482. The number of hydrogen-bond donors (Lipinski definition) is 3. The van der Waals surface area contributed by atoms with Gasteiger partial charge in [0.05, 0.1) is 6.54 Å². The zero-order valence-electron chi connectivity index (χ0n) is 15.3. The lowest BCUT2D eigenvalue weighted by Gasteiger charge is -2.18. The molecule has 1 aromatic carbocycles. The van der Waals surface area contributed by atoms with Crippen LogP contribution in [0.1, 0.15) is 38.7 Å². The summed E-state index contributed by atoms with van der Waals surface area (Å²) < 4.78 is 29.6. The largest absolute Gasteiger partial charge is 0.434 e. The summed E-state index contributed by atoms with van der Waals surface area (Å²) >= 11 is 5.96. The highest BCUT2D eigenvalue weighted by Gasteiger charge is 2.11. The molecule has 1 aromatic rings. The van der Waals surface area contributed by atoms with E-state index < -0.39 is 6.61 Å². The smallest absolute Gasteiger partial charge is 0.387 e. The summed E-state index contributed by atoms with van der Waals surface area (Å²) in [5, 5.41) is 15.9. The Morgan fingerprint density at radius 2 is 2.04 bits per heavy atom. The molecule has 8 heteroatoms. The molecule has 0 bridgehead atoms. The van der Waals surface area contributed by atoms with E-state index in [0.29, 0.717) is 35.6 Å². The van der Waals surface area contributed by atoms with Crippen LogP contribution in [0.2, 0.25) is 5.02 Å². The van der Waals surface area contributed by atoms with Crippen LogP contribution in [0.5, 0.6) is 5.75 Å². The molecule has 0 fully saturated rings. The summed E-state index contributed by atoms with van der Waals surface area (Å²) in [6, 6.07) is 4.48. The van der Waals surface area contributed by atoms with Crippen molar-refractivity contribution < 1.29 is 18.6 Å². The van der Waals surface area contributed by atoms with E-state index in [-0.39, 0.29) is 18.9 Å². The van der Waals surface area contributed by atoms with Crippen LogP contribution in [0.15, 0.2) is 23.2 Å². The Hall–Kier alpha value is -1.60. The van der Waals surface area contributed by atoms with Crippen molar-refractivity contribution >= 4 is 17.6 Å². The van der Waals surface area contributed by atoms with Gasteiger partial charge in [0, 0.05) is 30.3 Å². The molecule has 26 heavy (non-hydrogen) atoms. The molecule has 0 aromatic heterocycles. The Balaban J connectivity index is 2.80. The van der Waals surface area contributed by atoms with Crippen LogP contribution in [0.4, 0.5) is 8.78 Å². The van der Waals surface area contributed by atoms with Gasteiger partial charge < -0.3 is 20.5 Å². The van der Waals surface area contributed by atoms with E-state index >= 15 is 0 Å². The molecule has 1 atom stereocenters. The molecular formula is C18H28ClF2N3O2. The fourth-order valence-corrected chi connectivity index (χ4v) is 2.76. The predicted molar refractivity (Wildman–Crippen MR) is 101 cm³/mol. The summed E-state index contributed by atoms with van der Waals surface area (Å²) in [5.74, 6) is 0.986. The maximum absolute atomic E-state index is 12.5. The van der Waals surface area contributed by atoms with Gasteiger partial charge in [0.15, 0.2) is 5.96 Å². The number of halogens is 3. The second-order valence-corrected chi connectivity index (χ2v) is 6.31. The third kappa shape index (κ3) is 8.67. The van der Waals surface area contributed by atoms with Crippen LogP contribution >= 0.6 is 11.6 Å². The number of aliphatic imine (C=N–C) groups is 1. The lowest BCUT2D eigenvalue weighted by atomic mass is 10.0. The number of benzene rings is 1. The number of rotatable bonds is 11. The maximum Gasteiger partial charge on any atom is 0.387 e. The van der Waals surface area contributed by atoms with Gasteiger partial charge in [-0.25, -0.2) is 4.99 Å². The van der Waals surface area contributed by atoms with Crippen LogP contribution in [-0.4, -0.2) is 37.4 Å². The highest BCUT2D eigenvalue weighted by atomic mass is 35.5. The second kappa shape index (κ2) is 12.7. The number of aliphatic hydroxyl groups excluding tert-OH is 1. The Bertz CT molecular complexity index is 553. The molecule has 148 valence electrons. The minimum atomic E-state index is -2.90. The molecule has 0 amide bonds. The van der Waals surface area contributed by atoms with Crippen molar-refractivity contribution in [3.8, 4) is 5.75 Å². The summed E-state index contributed by atoms with van der Waals surface area (Å²) in [6.45, 7) is 2.79. The molecule has 0 heterocycles. The molecule has 0 spiro atoms. The molecule has 5 nitrogen and oxygen atoms in total. The molecule has 1 unspecified atom stereocenters. The topological polar surface area (TPSA) is 65.9 Å². The van der Waals surface area contributed by atoms with Crippen molar-refractivity contribution in [2.75, 3.05) is 19.7 Å². The van der Waals surface area contributed by atoms with Gasteiger partial charge in [-0.1, -0.05) is 24.9 Å². The van der Waals surface area contributed by atoms with E-state index in [2.05, 4.69) is 27.3 Å². The first-order valence-electron chi connectivity index (χ1n) is 8.86. The third-order valence-electron chi connectivity index (χ3n) is 3.78. The lowest BCUT2D eigenvalue weighted by molar-refractivity contribution is -0.0504. The van der Waals surface area contributed by atoms with Crippen molar-refractivity contribution in [2.24, 2.45) is 10.9 Å². The monoisotopic (exact) mass is 391 g/mol. The van der Waals surface area contributed by atoms with Gasteiger partial charge in [-0.15, -0.1) is 0 Å². The Kier molecular flexibility index (Phi) is 11.0. The van der Waals surface area contributed by atoms with Crippen LogP contribution in [0, 0.1) is 5.92 Å². The molecule has 1 rings (SSSR count). The van der Waals surface area contributed by atoms with Gasteiger partial charge in [-0.2, -0.15) is 8.78 Å². The summed E-state index contributed by atoms with van der Waals surface area (Å²) in [6.07, 6.45) is 2.77. The van der Waals surface area contributed by atoms with Crippen LogP contribution < -0.4 is 15.4 Å². The quantitative estimate of drug-likeness (QED) is 0.396. The second-order valence-electron chi connectivity index (χ2n) is 5.87.